The Morgan fingerprint density at radius 2 is 1.78 bits per heavy atom. The highest BCUT2D eigenvalue weighted by Gasteiger charge is 2.35. The molecular weight excluding hydrogens is 409 g/mol. The number of aromatic nitrogens is 2. The van der Waals surface area contributed by atoms with Gasteiger partial charge in [-0.1, -0.05) is 43.7 Å². The number of rotatable bonds is 8. The molecule has 0 spiro atoms. The lowest BCUT2D eigenvalue weighted by atomic mass is 9.77. The van der Waals surface area contributed by atoms with Gasteiger partial charge in [0.2, 0.25) is 0 Å². The summed E-state index contributed by atoms with van der Waals surface area (Å²) < 4.78 is 12.9. The SMILES string of the molecule is CCCCNCc1ccc2c(c1)OB(c1ccc(Cn3ccc(=O)[nH]c3=O)cc1)OC2=O. The van der Waals surface area contributed by atoms with Gasteiger partial charge in [0.15, 0.2) is 0 Å². The summed E-state index contributed by atoms with van der Waals surface area (Å²) in [6.45, 7) is 4.10. The lowest BCUT2D eigenvalue weighted by Gasteiger charge is -2.23. The number of aromatic amines is 1. The molecule has 0 radical (unpaired) electrons. The molecule has 2 N–H and O–H groups in total. The highest BCUT2D eigenvalue weighted by molar-refractivity contribution is 6.64. The van der Waals surface area contributed by atoms with E-state index in [9.17, 15) is 14.4 Å². The van der Waals surface area contributed by atoms with Crippen LogP contribution in [0.4, 0.5) is 0 Å². The lowest BCUT2D eigenvalue weighted by Crippen LogP contribution is -2.44. The Balaban J connectivity index is 1.46. The van der Waals surface area contributed by atoms with Crippen molar-refractivity contribution in [3.8, 4) is 5.75 Å². The molecule has 164 valence electrons. The Bertz CT molecular complexity index is 1220. The van der Waals surface area contributed by atoms with E-state index in [-0.39, 0.29) is 0 Å². The first-order chi connectivity index (χ1) is 15.5. The summed E-state index contributed by atoms with van der Waals surface area (Å²) in [5.41, 5.74) is 2.09. The molecule has 1 aliphatic rings. The third-order valence-corrected chi connectivity index (χ3v) is 5.25. The first-order valence-corrected chi connectivity index (χ1v) is 10.6. The average molecular weight is 433 g/mol. The van der Waals surface area contributed by atoms with Crippen molar-refractivity contribution in [3.63, 3.8) is 0 Å². The molecular formula is C23H24BN3O5. The fraction of sp³-hybridized carbons (Fsp3) is 0.261. The van der Waals surface area contributed by atoms with Crippen LogP contribution >= 0.6 is 0 Å². The predicted molar refractivity (Wildman–Crippen MR) is 121 cm³/mol. The average Bonchev–Trinajstić information content (AvgIpc) is 2.79. The maximum Gasteiger partial charge on any atom is 0.634 e. The van der Waals surface area contributed by atoms with Gasteiger partial charge in [-0.3, -0.25) is 14.3 Å². The second kappa shape index (κ2) is 9.70. The fourth-order valence-corrected chi connectivity index (χ4v) is 3.46. The number of unbranched alkanes of at least 4 members (excludes halogenated alkanes) is 1. The predicted octanol–water partition coefficient (Wildman–Crippen LogP) is 1.42. The van der Waals surface area contributed by atoms with Gasteiger partial charge < -0.3 is 14.6 Å². The Hall–Kier alpha value is -3.59. The van der Waals surface area contributed by atoms with E-state index < -0.39 is 24.3 Å². The summed E-state index contributed by atoms with van der Waals surface area (Å²) >= 11 is 0. The maximum absolute atomic E-state index is 12.5. The lowest BCUT2D eigenvalue weighted by molar-refractivity contribution is 0.0687. The minimum absolute atomic E-state index is 0.304. The molecule has 1 aliphatic heterocycles. The molecule has 1 aromatic heterocycles. The van der Waals surface area contributed by atoms with Gasteiger partial charge in [0.1, 0.15) is 5.75 Å². The van der Waals surface area contributed by atoms with Gasteiger partial charge >= 0.3 is 18.8 Å². The molecule has 0 amide bonds. The quantitative estimate of drug-likeness (QED) is 0.412. The molecule has 2 aromatic carbocycles. The first kappa shape index (κ1) is 21.6. The van der Waals surface area contributed by atoms with Crippen molar-refractivity contribution in [1.82, 2.24) is 14.9 Å². The molecule has 0 saturated heterocycles. The molecule has 3 aromatic rings. The summed E-state index contributed by atoms with van der Waals surface area (Å²) in [5.74, 6) is 0.0792. The zero-order chi connectivity index (χ0) is 22.5. The van der Waals surface area contributed by atoms with E-state index in [2.05, 4.69) is 17.2 Å². The molecule has 2 heterocycles. The first-order valence-electron chi connectivity index (χ1n) is 10.6. The number of fused-ring (bicyclic) bond motifs is 1. The van der Waals surface area contributed by atoms with Crippen LogP contribution in [0, 0.1) is 0 Å². The summed E-state index contributed by atoms with van der Waals surface area (Å²) in [4.78, 5) is 37.8. The van der Waals surface area contributed by atoms with Gasteiger partial charge in [0.25, 0.3) is 5.56 Å². The van der Waals surface area contributed by atoms with Crippen molar-refractivity contribution in [2.45, 2.75) is 32.9 Å². The summed E-state index contributed by atoms with van der Waals surface area (Å²) in [6.07, 6.45) is 3.70. The second-order valence-electron chi connectivity index (χ2n) is 7.70. The molecule has 0 atom stereocenters. The molecule has 9 heteroatoms. The normalized spacial score (nSPS) is 12.8. The number of benzene rings is 2. The summed E-state index contributed by atoms with van der Waals surface area (Å²) in [6, 6.07) is 14.1. The van der Waals surface area contributed by atoms with Crippen LogP contribution in [0.3, 0.4) is 0 Å². The van der Waals surface area contributed by atoms with Gasteiger partial charge in [-0.25, -0.2) is 9.59 Å². The Morgan fingerprint density at radius 3 is 2.53 bits per heavy atom. The number of hydrogen-bond donors (Lipinski definition) is 2. The minimum atomic E-state index is -0.844. The highest BCUT2D eigenvalue weighted by Crippen LogP contribution is 2.26. The van der Waals surface area contributed by atoms with Gasteiger partial charge in [0.05, 0.1) is 12.1 Å². The third-order valence-electron chi connectivity index (χ3n) is 5.25. The van der Waals surface area contributed by atoms with Crippen molar-refractivity contribution in [2.24, 2.45) is 0 Å². The van der Waals surface area contributed by atoms with Crippen LogP contribution in [-0.4, -0.2) is 29.2 Å². The van der Waals surface area contributed by atoms with E-state index in [1.807, 2.05) is 24.3 Å². The van der Waals surface area contributed by atoms with Crippen LogP contribution < -0.4 is 26.7 Å². The summed E-state index contributed by atoms with van der Waals surface area (Å²) in [7, 11) is -0.844. The largest absolute Gasteiger partial charge is 0.634 e. The van der Waals surface area contributed by atoms with Gasteiger partial charge in [-0.15, -0.1) is 0 Å². The van der Waals surface area contributed by atoms with Crippen molar-refractivity contribution in [1.29, 1.82) is 0 Å². The van der Waals surface area contributed by atoms with Crippen LogP contribution in [0.2, 0.25) is 0 Å². The second-order valence-corrected chi connectivity index (χ2v) is 7.70. The Morgan fingerprint density at radius 1 is 1.00 bits per heavy atom. The zero-order valence-corrected chi connectivity index (χ0v) is 17.8. The van der Waals surface area contributed by atoms with Crippen molar-refractivity contribution in [3.05, 3.63) is 92.3 Å². The number of carbonyl (C=O) groups excluding carboxylic acids is 1. The topological polar surface area (TPSA) is 102 Å². The van der Waals surface area contributed by atoms with Crippen LogP contribution in [0.1, 0.15) is 41.3 Å². The number of carbonyl (C=O) groups is 1. The van der Waals surface area contributed by atoms with E-state index in [1.54, 1.807) is 18.2 Å². The van der Waals surface area contributed by atoms with Crippen molar-refractivity contribution in [2.75, 3.05) is 6.54 Å². The molecule has 8 nitrogen and oxygen atoms in total. The monoisotopic (exact) mass is 433 g/mol. The van der Waals surface area contributed by atoms with Crippen LogP contribution in [0.15, 0.2) is 64.3 Å². The maximum atomic E-state index is 12.5. The van der Waals surface area contributed by atoms with Crippen LogP contribution in [-0.2, 0) is 17.7 Å². The number of nitrogens with zero attached hydrogens (tertiary/aromatic N) is 1. The van der Waals surface area contributed by atoms with E-state index >= 15 is 0 Å². The number of nitrogens with one attached hydrogen (secondary N) is 2. The molecule has 4 rings (SSSR count). The molecule has 0 aliphatic carbocycles. The van der Waals surface area contributed by atoms with E-state index in [4.69, 9.17) is 9.31 Å². The molecule has 0 saturated carbocycles. The number of H-pyrrole nitrogens is 1. The highest BCUT2D eigenvalue weighted by atomic mass is 16.6. The van der Waals surface area contributed by atoms with E-state index in [1.165, 1.54) is 16.8 Å². The van der Waals surface area contributed by atoms with E-state index in [0.717, 1.165) is 30.5 Å². The van der Waals surface area contributed by atoms with Crippen molar-refractivity contribution < 1.29 is 14.1 Å². The van der Waals surface area contributed by atoms with Crippen LogP contribution in [0.5, 0.6) is 5.75 Å². The standard InChI is InChI=1S/C23H24BN3O5/c1-2-3-11-25-14-17-6-9-19-20(13-17)31-24(32-22(19)29)18-7-4-16(5-8-18)15-27-12-10-21(28)26-23(27)30/h4-10,12-13,25H,2-3,11,14-15H2,1H3,(H,26,28,30). The van der Waals surface area contributed by atoms with E-state index in [0.29, 0.717) is 29.9 Å². The van der Waals surface area contributed by atoms with Gasteiger partial charge in [-0.05, 0) is 36.2 Å². The Labute approximate surface area is 185 Å². The van der Waals surface area contributed by atoms with Crippen LogP contribution in [0.25, 0.3) is 0 Å². The molecule has 0 unspecified atom stereocenters. The zero-order valence-electron chi connectivity index (χ0n) is 17.8. The fourth-order valence-electron chi connectivity index (χ4n) is 3.46. The third kappa shape index (κ3) is 5.00. The Kier molecular flexibility index (Phi) is 6.56. The molecule has 0 bridgehead atoms. The smallest absolute Gasteiger partial charge is 0.521 e. The van der Waals surface area contributed by atoms with Gasteiger partial charge in [0, 0.05) is 24.3 Å². The summed E-state index contributed by atoms with van der Waals surface area (Å²) in [5, 5.41) is 3.38. The van der Waals surface area contributed by atoms with Crippen molar-refractivity contribution >= 4 is 18.6 Å². The molecule has 32 heavy (non-hydrogen) atoms. The van der Waals surface area contributed by atoms with Gasteiger partial charge in [-0.2, -0.15) is 0 Å². The molecule has 0 fully saturated rings. The minimum Gasteiger partial charge on any atom is -0.521 e. The number of hydrogen-bond acceptors (Lipinski definition) is 6.